The molecule has 30 heavy (non-hydrogen) atoms. The first-order valence-corrected chi connectivity index (χ1v) is 10.6. The van der Waals surface area contributed by atoms with Crippen molar-refractivity contribution in [3.63, 3.8) is 0 Å². The number of rotatable bonds is 4. The smallest absolute Gasteiger partial charge is 0.272 e. The number of nitrogens with zero attached hydrogens (tertiary/aromatic N) is 2. The average molecular weight is 400 g/mol. The minimum Gasteiger partial charge on any atom is -0.273 e. The van der Waals surface area contributed by atoms with Gasteiger partial charge in [-0.05, 0) is 30.9 Å². The summed E-state index contributed by atoms with van der Waals surface area (Å²) >= 11 is 0. The molecule has 0 radical (unpaired) electrons. The van der Waals surface area contributed by atoms with E-state index in [0.29, 0.717) is 17.9 Å². The van der Waals surface area contributed by atoms with Gasteiger partial charge in [-0.15, -0.1) is 0 Å². The third kappa shape index (κ3) is 3.28. The van der Waals surface area contributed by atoms with Gasteiger partial charge in [0, 0.05) is 22.9 Å². The lowest BCUT2D eigenvalue weighted by atomic mass is 9.87. The van der Waals surface area contributed by atoms with Crippen molar-refractivity contribution in [2.24, 2.45) is 11.0 Å². The van der Waals surface area contributed by atoms with Gasteiger partial charge in [0.05, 0.1) is 23.0 Å². The van der Waals surface area contributed by atoms with Crippen molar-refractivity contribution < 1.29 is 9.59 Å². The highest BCUT2D eigenvalue weighted by Gasteiger charge is 2.26. The van der Waals surface area contributed by atoms with Crippen molar-refractivity contribution in [2.45, 2.75) is 38.5 Å². The zero-order chi connectivity index (χ0) is 20.5. The minimum absolute atomic E-state index is 0.00591. The fraction of sp³-hybridized carbons (Fsp3) is 0.292. The SMILES string of the molecule is O=C(CC1CCCCC1)Nn1c(-c2ccccc2)c2c3c(cccc31)C(=O)NN=C2. The van der Waals surface area contributed by atoms with Gasteiger partial charge in [-0.1, -0.05) is 55.7 Å². The first-order chi connectivity index (χ1) is 14.7. The van der Waals surface area contributed by atoms with Crippen LogP contribution in [0.3, 0.4) is 0 Å². The first-order valence-electron chi connectivity index (χ1n) is 10.6. The summed E-state index contributed by atoms with van der Waals surface area (Å²) in [6, 6.07) is 15.5. The number of nitrogens with one attached hydrogen (secondary N) is 2. The third-order valence-corrected chi connectivity index (χ3v) is 6.12. The average Bonchev–Trinajstić information content (AvgIpc) is 2.97. The molecule has 6 heteroatoms. The van der Waals surface area contributed by atoms with Crippen LogP contribution in [0.2, 0.25) is 0 Å². The molecule has 1 saturated carbocycles. The van der Waals surface area contributed by atoms with Crippen LogP contribution >= 0.6 is 0 Å². The second-order valence-electron chi connectivity index (χ2n) is 8.11. The van der Waals surface area contributed by atoms with E-state index in [1.807, 2.05) is 47.1 Å². The topological polar surface area (TPSA) is 75.5 Å². The third-order valence-electron chi connectivity index (χ3n) is 6.12. The van der Waals surface area contributed by atoms with Gasteiger partial charge in [-0.2, -0.15) is 5.10 Å². The summed E-state index contributed by atoms with van der Waals surface area (Å²) < 4.78 is 1.83. The standard InChI is InChI=1S/C24H24N4O2/c29-21(14-16-8-3-1-4-9-16)27-28-20-13-7-12-18-22(20)19(15-25-26-24(18)30)23(28)17-10-5-2-6-11-17/h2,5-7,10-13,15-16H,1,3-4,8-9,14H2,(H,26,30)(H,27,29). The van der Waals surface area contributed by atoms with E-state index in [4.69, 9.17) is 0 Å². The molecule has 5 rings (SSSR count). The fourth-order valence-corrected chi connectivity index (χ4v) is 4.72. The molecular weight excluding hydrogens is 376 g/mol. The van der Waals surface area contributed by atoms with Crippen LogP contribution in [0, 0.1) is 5.92 Å². The predicted octanol–water partition coefficient (Wildman–Crippen LogP) is 4.43. The van der Waals surface area contributed by atoms with E-state index in [0.717, 1.165) is 40.6 Å². The Labute approximate surface area is 174 Å². The van der Waals surface area contributed by atoms with Crippen LogP contribution in [-0.2, 0) is 4.79 Å². The van der Waals surface area contributed by atoms with Crippen LogP contribution < -0.4 is 10.9 Å². The van der Waals surface area contributed by atoms with Crippen molar-refractivity contribution >= 4 is 28.9 Å². The highest BCUT2D eigenvalue weighted by atomic mass is 16.2. The summed E-state index contributed by atoms with van der Waals surface area (Å²) in [7, 11) is 0. The number of benzene rings is 2. The Kier molecular flexibility index (Phi) is 4.83. The molecule has 0 atom stereocenters. The van der Waals surface area contributed by atoms with Gasteiger partial charge in [0.2, 0.25) is 5.91 Å². The number of amides is 2. The molecule has 152 valence electrons. The number of hydrogen-bond donors (Lipinski definition) is 2. The van der Waals surface area contributed by atoms with Crippen molar-refractivity contribution in [2.75, 3.05) is 5.43 Å². The molecule has 2 aromatic carbocycles. The van der Waals surface area contributed by atoms with E-state index in [1.54, 1.807) is 12.3 Å². The summed E-state index contributed by atoms with van der Waals surface area (Å²) in [5, 5.41) is 4.91. The first kappa shape index (κ1) is 18.6. The lowest BCUT2D eigenvalue weighted by molar-refractivity contribution is -0.118. The maximum absolute atomic E-state index is 13.0. The number of carbonyl (C=O) groups excluding carboxylic acids is 2. The molecule has 3 aromatic rings. The zero-order valence-electron chi connectivity index (χ0n) is 16.7. The number of hydrazone groups is 1. The molecule has 1 aliphatic carbocycles. The molecule has 0 bridgehead atoms. The second-order valence-corrected chi connectivity index (χ2v) is 8.11. The Morgan fingerprint density at radius 3 is 2.67 bits per heavy atom. The quantitative estimate of drug-likeness (QED) is 0.680. The van der Waals surface area contributed by atoms with E-state index in [9.17, 15) is 9.59 Å². The Balaban J connectivity index is 1.63. The molecule has 0 spiro atoms. The van der Waals surface area contributed by atoms with Crippen molar-refractivity contribution in [1.29, 1.82) is 0 Å². The van der Waals surface area contributed by atoms with Crippen LogP contribution in [0.15, 0.2) is 53.6 Å². The molecule has 1 fully saturated rings. The maximum atomic E-state index is 13.0. The van der Waals surface area contributed by atoms with Crippen LogP contribution in [0.5, 0.6) is 0 Å². The minimum atomic E-state index is -0.249. The Morgan fingerprint density at radius 1 is 1.07 bits per heavy atom. The van der Waals surface area contributed by atoms with E-state index < -0.39 is 0 Å². The van der Waals surface area contributed by atoms with Gasteiger partial charge in [-0.25, -0.2) is 5.43 Å². The summed E-state index contributed by atoms with van der Waals surface area (Å²) in [5.41, 5.74) is 9.64. The van der Waals surface area contributed by atoms with Gasteiger partial charge in [0.15, 0.2) is 0 Å². The Morgan fingerprint density at radius 2 is 1.87 bits per heavy atom. The monoisotopic (exact) mass is 400 g/mol. The zero-order valence-corrected chi connectivity index (χ0v) is 16.7. The van der Waals surface area contributed by atoms with Crippen molar-refractivity contribution in [1.82, 2.24) is 10.1 Å². The molecule has 2 amide bonds. The summed E-state index contributed by atoms with van der Waals surface area (Å²) in [6.45, 7) is 0. The molecule has 0 saturated heterocycles. The number of carbonyl (C=O) groups is 2. The normalized spacial score (nSPS) is 16.3. The van der Waals surface area contributed by atoms with Crippen LogP contribution in [0.25, 0.3) is 22.2 Å². The molecule has 1 aromatic heterocycles. The molecule has 2 heterocycles. The maximum Gasteiger partial charge on any atom is 0.272 e. The number of aromatic nitrogens is 1. The Bertz CT molecular complexity index is 1140. The molecule has 2 aliphatic rings. The van der Waals surface area contributed by atoms with Crippen molar-refractivity contribution in [3.8, 4) is 11.3 Å². The number of hydrogen-bond acceptors (Lipinski definition) is 3. The lowest BCUT2D eigenvalue weighted by Gasteiger charge is -2.21. The molecule has 6 nitrogen and oxygen atoms in total. The van der Waals surface area contributed by atoms with Crippen LogP contribution in [-0.4, -0.2) is 22.7 Å². The summed E-state index contributed by atoms with van der Waals surface area (Å²) in [5.74, 6) is 0.203. The fourth-order valence-electron chi connectivity index (χ4n) is 4.72. The van der Waals surface area contributed by atoms with Gasteiger partial charge in [0.1, 0.15) is 0 Å². The Hall–Kier alpha value is -3.41. The summed E-state index contributed by atoms with van der Waals surface area (Å²) in [4.78, 5) is 25.5. The van der Waals surface area contributed by atoms with E-state index in [-0.39, 0.29) is 11.8 Å². The second kappa shape index (κ2) is 7.78. The van der Waals surface area contributed by atoms with Crippen LogP contribution in [0.1, 0.15) is 54.4 Å². The van der Waals surface area contributed by atoms with Gasteiger partial charge in [0.25, 0.3) is 5.91 Å². The van der Waals surface area contributed by atoms with E-state index >= 15 is 0 Å². The molecule has 1 aliphatic heterocycles. The van der Waals surface area contributed by atoms with Gasteiger partial charge < -0.3 is 0 Å². The van der Waals surface area contributed by atoms with Crippen molar-refractivity contribution in [3.05, 3.63) is 59.7 Å². The molecule has 2 N–H and O–H groups in total. The highest BCUT2D eigenvalue weighted by molar-refractivity contribution is 6.17. The summed E-state index contributed by atoms with van der Waals surface area (Å²) in [6.07, 6.45) is 8.12. The van der Waals surface area contributed by atoms with Gasteiger partial charge in [-0.3, -0.25) is 19.7 Å². The molecular formula is C24H24N4O2. The predicted molar refractivity (Wildman–Crippen MR) is 118 cm³/mol. The van der Waals surface area contributed by atoms with E-state index in [2.05, 4.69) is 16.0 Å². The van der Waals surface area contributed by atoms with Crippen LogP contribution in [0.4, 0.5) is 0 Å². The highest BCUT2D eigenvalue weighted by Crippen LogP contribution is 2.35. The van der Waals surface area contributed by atoms with Gasteiger partial charge >= 0.3 is 0 Å². The largest absolute Gasteiger partial charge is 0.273 e. The lowest BCUT2D eigenvalue weighted by Crippen LogP contribution is -2.26. The van der Waals surface area contributed by atoms with E-state index in [1.165, 1.54) is 19.3 Å². The molecule has 0 unspecified atom stereocenters.